The van der Waals surface area contributed by atoms with E-state index in [1.807, 2.05) is 4.90 Å². The standard InChI is InChI=1S/C18H19F3N2/c1-12(15-6-4-13(19)10-16(15)20)22-14-5-7-18(17(21)11-14)23-8-2-3-9-23/h4-7,10-12,22H,2-3,8-9H2,1H3. The van der Waals surface area contributed by atoms with Gasteiger partial charge in [-0.15, -0.1) is 0 Å². The van der Waals surface area contributed by atoms with Gasteiger partial charge in [0.1, 0.15) is 17.5 Å². The van der Waals surface area contributed by atoms with E-state index in [0.29, 0.717) is 16.9 Å². The Morgan fingerprint density at radius 3 is 2.35 bits per heavy atom. The number of hydrogen-bond donors (Lipinski definition) is 1. The predicted octanol–water partition coefficient (Wildman–Crippen LogP) is 4.88. The second-order valence-electron chi connectivity index (χ2n) is 5.89. The second kappa shape index (κ2) is 6.52. The zero-order valence-corrected chi connectivity index (χ0v) is 13.0. The molecule has 1 heterocycles. The minimum Gasteiger partial charge on any atom is -0.378 e. The number of nitrogens with one attached hydrogen (secondary N) is 1. The van der Waals surface area contributed by atoms with Crippen LogP contribution < -0.4 is 10.2 Å². The Kier molecular flexibility index (Phi) is 4.46. The van der Waals surface area contributed by atoms with Crippen molar-refractivity contribution in [3.05, 3.63) is 59.4 Å². The molecule has 23 heavy (non-hydrogen) atoms. The van der Waals surface area contributed by atoms with Crippen molar-refractivity contribution in [2.24, 2.45) is 0 Å². The van der Waals surface area contributed by atoms with Crippen molar-refractivity contribution in [1.82, 2.24) is 0 Å². The minimum absolute atomic E-state index is 0.288. The summed E-state index contributed by atoms with van der Waals surface area (Å²) < 4.78 is 41.0. The Bertz CT molecular complexity index is 697. The molecule has 1 fully saturated rings. The lowest BCUT2D eigenvalue weighted by atomic mass is 10.1. The smallest absolute Gasteiger partial charge is 0.148 e. The molecule has 1 N–H and O–H groups in total. The van der Waals surface area contributed by atoms with Crippen molar-refractivity contribution in [2.45, 2.75) is 25.8 Å². The molecule has 0 spiro atoms. The van der Waals surface area contributed by atoms with E-state index in [9.17, 15) is 13.2 Å². The molecule has 1 unspecified atom stereocenters. The number of anilines is 2. The Morgan fingerprint density at radius 1 is 0.957 bits per heavy atom. The van der Waals surface area contributed by atoms with Gasteiger partial charge in [0, 0.05) is 30.4 Å². The van der Waals surface area contributed by atoms with Crippen LogP contribution in [0.1, 0.15) is 31.4 Å². The van der Waals surface area contributed by atoms with Crippen molar-refractivity contribution in [3.8, 4) is 0 Å². The summed E-state index contributed by atoms with van der Waals surface area (Å²) in [7, 11) is 0. The summed E-state index contributed by atoms with van der Waals surface area (Å²) in [6.07, 6.45) is 2.17. The second-order valence-corrected chi connectivity index (χ2v) is 5.89. The summed E-state index contributed by atoms with van der Waals surface area (Å²) in [5.74, 6) is -1.51. The van der Waals surface area contributed by atoms with E-state index in [0.717, 1.165) is 32.0 Å². The van der Waals surface area contributed by atoms with Gasteiger partial charge < -0.3 is 10.2 Å². The molecule has 0 bridgehead atoms. The molecule has 0 saturated carbocycles. The normalized spacial score (nSPS) is 15.7. The first-order valence-corrected chi connectivity index (χ1v) is 7.80. The van der Waals surface area contributed by atoms with Gasteiger partial charge in [-0.1, -0.05) is 6.07 Å². The molecule has 122 valence electrons. The fourth-order valence-corrected chi connectivity index (χ4v) is 2.99. The van der Waals surface area contributed by atoms with Crippen LogP contribution in [0.2, 0.25) is 0 Å². The molecule has 1 atom stereocenters. The average molecular weight is 320 g/mol. The SMILES string of the molecule is CC(Nc1ccc(N2CCCC2)c(F)c1)c1ccc(F)cc1F. The highest BCUT2D eigenvalue weighted by atomic mass is 19.1. The van der Waals surface area contributed by atoms with Crippen molar-refractivity contribution in [2.75, 3.05) is 23.3 Å². The average Bonchev–Trinajstić information content (AvgIpc) is 3.01. The summed E-state index contributed by atoms with van der Waals surface area (Å²) in [5.41, 5.74) is 1.52. The zero-order chi connectivity index (χ0) is 16.4. The van der Waals surface area contributed by atoms with Crippen LogP contribution in [-0.2, 0) is 0 Å². The van der Waals surface area contributed by atoms with Crippen molar-refractivity contribution >= 4 is 11.4 Å². The highest BCUT2D eigenvalue weighted by Gasteiger charge is 2.17. The number of nitrogens with zero attached hydrogens (tertiary/aromatic N) is 1. The van der Waals surface area contributed by atoms with Crippen LogP contribution in [0.15, 0.2) is 36.4 Å². The number of hydrogen-bond acceptors (Lipinski definition) is 2. The van der Waals surface area contributed by atoms with Crippen LogP contribution in [0.5, 0.6) is 0 Å². The summed E-state index contributed by atoms with van der Waals surface area (Å²) in [6.45, 7) is 3.50. The summed E-state index contributed by atoms with van der Waals surface area (Å²) in [5, 5.41) is 3.06. The number of halogens is 3. The van der Waals surface area contributed by atoms with Gasteiger partial charge in [0.15, 0.2) is 0 Å². The van der Waals surface area contributed by atoms with Crippen LogP contribution >= 0.6 is 0 Å². The van der Waals surface area contributed by atoms with E-state index >= 15 is 0 Å². The third-order valence-corrected chi connectivity index (χ3v) is 4.21. The maximum atomic E-state index is 14.3. The van der Waals surface area contributed by atoms with E-state index in [4.69, 9.17) is 0 Å². The topological polar surface area (TPSA) is 15.3 Å². The predicted molar refractivity (Wildman–Crippen MR) is 86.2 cm³/mol. The van der Waals surface area contributed by atoms with Crippen LogP contribution in [0.4, 0.5) is 24.5 Å². The summed E-state index contributed by atoms with van der Waals surface area (Å²) in [6, 6.07) is 8.03. The van der Waals surface area contributed by atoms with E-state index in [2.05, 4.69) is 5.32 Å². The van der Waals surface area contributed by atoms with Gasteiger partial charge in [0.05, 0.1) is 11.7 Å². The van der Waals surface area contributed by atoms with E-state index < -0.39 is 17.7 Å². The van der Waals surface area contributed by atoms with E-state index in [1.165, 1.54) is 18.2 Å². The monoisotopic (exact) mass is 320 g/mol. The fourth-order valence-electron chi connectivity index (χ4n) is 2.99. The lowest BCUT2D eigenvalue weighted by molar-refractivity contribution is 0.566. The van der Waals surface area contributed by atoms with Crippen LogP contribution in [0.3, 0.4) is 0 Å². The zero-order valence-electron chi connectivity index (χ0n) is 13.0. The minimum atomic E-state index is -0.612. The molecule has 3 rings (SSSR count). The lowest BCUT2D eigenvalue weighted by Crippen LogP contribution is -2.19. The number of benzene rings is 2. The highest BCUT2D eigenvalue weighted by Crippen LogP contribution is 2.28. The van der Waals surface area contributed by atoms with Crippen molar-refractivity contribution in [3.63, 3.8) is 0 Å². The Balaban J connectivity index is 1.75. The molecule has 1 saturated heterocycles. The quantitative estimate of drug-likeness (QED) is 0.864. The molecule has 2 aromatic rings. The van der Waals surface area contributed by atoms with Crippen LogP contribution in [0, 0.1) is 17.5 Å². The van der Waals surface area contributed by atoms with Crippen LogP contribution in [0.25, 0.3) is 0 Å². The molecule has 2 nitrogen and oxygen atoms in total. The Hall–Kier alpha value is -2.17. The molecule has 0 radical (unpaired) electrons. The van der Waals surface area contributed by atoms with E-state index in [1.54, 1.807) is 19.1 Å². The van der Waals surface area contributed by atoms with Gasteiger partial charge in [-0.2, -0.15) is 0 Å². The van der Waals surface area contributed by atoms with Crippen LogP contribution in [-0.4, -0.2) is 13.1 Å². The molecule has 0 aliphatic carbocycles. The van der Waals surface area contributed by atoms with Gasteiger partial charge in [-0.25, -0.2) is 13.2 Å². The largest absolute Gasteiger partial charge is 0.378 e. The Morgan fingerprint density at radius 2 is 1.70 bits per heavy atom. The Labute approximate surface area is 133 Å². The maximum absolute atomic E-state index is 14.3. The molecule has 1 aliphatic rings. The molecular weight excluding hydrogens is 301 g/mol. The third kappa shape index (κ3) is 3.44. The fraction of sp³-hybridized carbons (Fsp3) is 0.333. The molecule has 0 aromatic heterocycles. The van der Waals surface area contributed by atoms with Crippen molar-refractivity contribution < 1.29 is 13.2 Å². The first-order chi connectivity index (χ1) is 11.0. The third-order valence-electron chi connectivity index (χ3n) is 4.21. The van der Waals surface area contributed by atoms with Gasteiger partial charge in [-0.3, -0.25) is 0 Å². The summed E-state index contributed by atoms with van der Waals surface area (Å²) >= 11 is 0. The molecule has 0 amide bonds. The van der Waals surface area contributed by atoms with Gasteiger partial charge in [0.2, 0.25) is 0 Å². The molecule has 1 aliphatic heterocycles. The number of rotatable bonds is 4. The van der Waals surface area contributed by atoms with E-state index in [-0.39, 0.29) is 5.82 Å². The first kappa shape index (κ1) is 15.7. The maximum Gasteiger partial charge on any atom is 0.148 e. The van der Waals surface area contributed by atoms with Gasteiger partial charge >= 0.3 is 0 Å². The summed E-state index contributed by atoms with van der Waals surface area (Å²) in [4.78, 5) is 2.03. The molecule has 2 aromatic carbocycles. The van der Waals surface area contributed by atoms with Gasteiger partial charge in [-0.05, 0) is 44.0 Å². The van der Waals surface area contributed by atoms with Gasteiger partial charge in [0.25, 0.3) is 0 Å². The van der Waals surface area contributed by atoms with Crippen molar-refractivity contribution in [1.29, 1.82) is 0 Å². The lowest BCUT2D eigenvalue weighted by Gasteiger charge is -2.20. The molecular formula is C18H19F3N2. The highest BCUT2D eigenvalue weighted by molar-refractivity contribution is 5.57. The first-order valence-electron chi connectivity index (χ1n) is 7.80. The molecule has 5 heteroatoms.